The molecule has 9 heteroatoms. The summed E-state index contributed by atoms with van der Waals surface area (Å²) in [5.41, 5.74) is 0.624. The zero-order valence-electron chi connectivity index (χ0n) is 15.2. The van der Waals surface area contributed by atoms with Gasteiger partial charge < -0.3 is 10.1 Å². The molecule has 1 fully saturated rings. The quantitative estimate of drug-likeness (QED) is 0.723. The third kappa shape index (κ3) is 4.37. The van der Waals surface area contributed by atoms with Crippen molar-refractivity contribution in [2.75, 3.05) is 25.5 Å². The van der Waals surface area contributed by atoms with Gasteiger partial charge in [-0.05, 0) is 59.1 Å². The number of amides is 1. The first-order chi connectivity index (χ1) is 13.3. The normalized spacial score (nSPS) is 17.9. The molecule has 2 aromatic carbocycles. The van der Waals surface area contributed by atoms with Gasteiger partial charge >= 0.3 is 0 Å². The van der Waals surface area contributed by atoms with Gasteiger partial charge in [-0.1, -0.05) is 12.1 Å². The van der Waals surface area contributed by atoms with Gasteiger partial charge in [0.25, 0.3) is 0 Å². The number of benzene rings is 2. The second-order valence-corrected chi connectivity index (χ2v) is 9.23. The van der Waals surface area contributed by atoms with Gasteiger partial charge in [-0.25, -0.2) is 12.8 Å². The summed E-state index contributed by atoms with van der Waals surface area (Å²) >= 11 is 3.38. The number of para-hydroxylation sites is 1. The lowest BCUT2D eigenvalue weighted by molar-refractivity contribution is -0.120. The number of carbonyl (C=O) groups excluding carboxylic acids is 1. The van der Waals surface area contributed by atoms with E-state index in [1.807, 2.05) is 12.1 Å². The van der Waals surface area contributed by atoms with Crippen LogP contribution in [0.3, 0.4) is 0 Å². The first kappa shape index (κ1) is 20.8. The molecule has 0 unspecified atom stereocenters. The maximum atomic E-state index is 13.7. The van der Waals surface area contributed by atoms with E-state index in [0.717, 1.165) is 16.6 Å². The van der Waals surface area contributed by atoms with E-state index in [2.05, 4.69) is 21.2 Å². The van der Waals surface area contributed by atoms with Gasteiger partial charge in [-0.2, -0.15) is 4.31 Å². The van der Waals surface area contributed by atoms with Crippen LogP contribution in [-0.2, 0) is 14.8 Å². The molecule has 1 aliphatic heterocycles. The van der Waals surface area contributed by atoms with Gasteiger partial charge in [-0.15, -0.1) is 0 Å². The Morgan fingerprint density at radius 1 is 1.29 bits per heavy atom. The van der Waals surface area contributed by atoms with Crippen LogP contribution in [0.5, 0.6) is 5.75 Å². The molecule has 1 saturated heterocycles. The van der Waals surface area contributed by atoms with Crippen LogP contribution >= 0.6 is 15.9 Å². The Hall–Kier alpha value is -1.97. The maximum absolute atomic E-state index is 13.7. The molecule has 0 radical (unpaired) electrons. The minimum atomic E-state index is -4.00. The summed E-state index contributed by atoms with van der Waals surface area (Å²) in [6, 6.07) is 10.6. The summed E-state index contributed by atoms with van der Waals surface area (Å²) in [6.45, 7) is 0.291. The van der Waals surface area contributed by atoms with Crippen molar-refractivity contribution in [1.29, 1.82) is 0 Å². The molecule has 0 aromatic heterocycles. The zero-order chi connectivity index (χ0) is 20.3. The number of ether oxygens (including phenoxy) is 1. The van der Waals surface area contributed by atoms with Crippen molar-refractivity contribution in [2.45, 2.75) is 17.7 Å². The maximum Gasteiger partial charge on any atom is 0.246 e. The SMILES string of the molecule is COc1ccc(F)cc1S(=O)(=O)N1CCC[C@H](C(=O)Nc2ccccc2Br)C1. The van der Waals surface area contributed by atoms with Crippen molar-refractivity contribution in [2.24, 2.45) is 5.92 Å². The highest BCUT2D eigenvalue weighted by atomic mass is 79.9. The molecular weight excluding hydrogens is 451 g/mol. The highest BCUT2D eigenvalue weighted by Crippen LogP contribution is 2.31. The lowest BCUT2D eigenvalue weighted by Gasteiger charge is -2.31. The van der Waals surface area contributed by atoms with Crippen LogP contribution < -0.4 is 10.1 Å². The standard InChI is InChI=1S/C19H20BrFN2O4S/c1-27-17-9-8-14(21)11-18(17)28(25,26)23-10-4-5-13(12-23)19(24)22-16-7-3-2-6-15(16)20/h2-3,6-9,11,13H,4-5,10,12H2,1H3,(H,22,24)/t13-/m0/s1. The van der Waals surface area contributed by atoms with E-state index in [1.54, 1.807) is 12.1 Å². The molecule has 3 rings (SSSR count). The van der Waals surface area contributed by atoms with Gasteiger partial charge in [0.05, 0.1) is 18.7 Å². The number of rotatable bonds is 5. The molecule has 1 amide bonds. The Labute approximate surface area is 171 Å². The summed E-state index contributed by atoms with van der Waals surface area (Å²) in [5.74, 6) is -1.35. The van der Waals surface area contributed by atoms with Crippen molar-refractivity contribution in [3.8, 4) is 5.75 Å². The van der Waals surface area contributed by atoms with Crippen LogP contribution in [0.4, 0.5) is 10.1 Å². The molecule has 28 heavy (non-hydrogen) atoms. The molecule has 150 valence electrons. The molecule has 0 spiro atoms. The Morgan fingerprint density at radius 2 is 2.04 bits per heavy atom. The van der Waals surface area contributed by atoms with E-state index in [0.29, 0.717) is 18.5 Å². The summed E-state index contributed by atoms with van der Waals surface area (Å²) in [5, 5.41) is 2.83. The monoisotopic (exact) mass is 470 g/mol. The second-order valence-electron chi connectivity index (χ2n) is 6.47. The lowest BCUT2D eigenvalue weighted by atomic mass is 9.99. The summed E-state index contributed by atoms with van der Waals surface area (Å²) in [4.78, 5) is 12.4. The van der Waals surface area contributed by atoms with Crippen LogP contribution in [-0.4, -0.2) is 38.8 Å². The van der Waals surface area contributed by atoms with E-state index >= 15 is 0 Å². The van der Waals surface area contributed by atoms with Gasteiger partial charge in [0.1, 0.15) is 16.5 Å². The van der Waals surface area contributed by atoms with Crippen LogP contribution in [0.15, 0.2) is 51.8 Å². The van der Waals surface area contributed by atoms with Gasteiger partial charge in [0.15, 0.2) is 0 Å². The van der Waals surface area contributed by atoms with E-state index in [1.165, 1.54) is 17.5 Å². The average Bonchev–Trinajstić information content (AvgIpc) is 2.69. The fourth-order valence-electron chi connectivity index (χ4n) is 3.16. The van der Waals surface area contributed by atoms with Crippen molar-refractivity contribution in [1.82, 2.24) is 4.31 Å². The van der Waals surface area contributed by atoms with Crippen LogP contribution in [0.25, 0.3) is 0 Å². The second kappa shape index (κ2) is 8.59. The van der Waals surface area contributed by atoms with E-state index in [9.17, 15) is 17.6 Å². The predicted molar refractivity (Wildman–Crippen MR) is 107 cm³/mol. The lowest BCUT2D eigenvalue weighted by Crippen LogP contribution is -2.43. The van der Waals surface area contributed by atoms with Crippen molar-refractivity contribution >= 4 is 37.5 Å². The van der Waals surface area contributed by atoms with Gasteiger partial charge in [0, 0.05) is 17.6 Å². The fourth-order valence-corrected chi connectivity index (χ4v) is 5.24. The van der Waals surface area contributed by atoms with E-state index in [4.69, 9.17) is 4.74 Å². The molecule has 1 heterocycles. The smallest absolute Gasteiger partial charge is 0.246 e. The van der Waals surface area contributed by atoms with Crippen LogP contribution in [0.2, 0.25) is 0 Å². The number of hydrogen-bond acceptors (Lipinski definition) is 4. The molecule has 0 aliphatic carbocycles. The summed E-state index contributed by atoms with van der Waals surface area (Å²) in [6.07, 6.45) is 1.10. The van der Waals surface area contributed by atoms with E-state index < -0.39 is 21.8 Å². The number of anilines is 1. The number of hydrogen-bond donors (Lipinski definition) is 1. The molecular formula is C19H20BrFN2O4S. The molecule has 1 aliphatic rings. The molecule has 1 N–H and O–H groups in total. The first-order valence-corrected chi connectivity index (χ1v) is 11.0. The molecule has 1 atom stereocenters. The Balaban J connectivity index is 1.80. The topological polar surface area (TPSA) is 75.7 Å². The predicted octanol–water partition coefficient (Wildman–Crippen LogP) is 3.64. The van der Waals surface area contributed by atoms with Gasteiger partial charge in [-0.3, -0.25) is 4.79 Å². The highest BCUT2D eigenvalue weighted by Gasteiger charge is 2.35. The Kier molecular flexibility index (Phi) is 6.36. The number of nitrogens with zero attached hydrogens (tertiary/aromatic N) is 1. The first-order valence-electron chi connectivity index (χ1n) is 8.72. The molecule has 6 nitrogen and oxygen atoms in total. The Bertz CT molecular complexity index is 984. The molecule has 0 bridgehead atoms. The number of carbonyl (C=O) groups is 1. The number of methoxy groups -OCH3 is 1. The largest absolute Gasteiger partial charge is 0.495 e. The summed E-state index contributed by atoms with van der Waals surface area (Å²) < 4.78 is 46.8. The average molecular weight is 471 g/mol. The molecule has 2 aromatic rings. The van der Waals surface area contributed by atoms with Crippen molar-refractivity contribution in [3.63, 3.8) is 0 Å². The fraction of sp³-hybridized carbons (Fsp3) is 0.316. The minimum absolute atomic E-state index is 0.0261. The van der Waals surface area contributed by atoms with Crippen LogP contribution in [0, 0.1) is 11.7 Å². The minimum Gasteiger partial charge on any atom is -0.495 e. The van der Waals surface area contributed by atoms with E-state index in [-0.39, 0.29) is 29.6 Å². The third-order valence-electron chi connectivity index (χ3n) is 4.63. The number of piperidine rings is 1. The zero-order valence-corrected chi connectivity index (χ0v) is 17.6. The number of sulfonamides is 1. The Morgan fingerprint density at radius 3 is 2.75 bits per heavy atom. The third-order valence-corrected chi connectivity index (χ3v) is 7.21. The van der Waals surface area contributed by atoms with Gasteiger partial charge in [0.2, 0.25) is 15.9 Å². The molecule has 0 saturated carbocycles. The van der Waals surface area contributed by atoms with Crippen molar-refractivity contribution in [3.05, 3.63) is 52.8 Å². The van der Waals surface area contributed by atoms with Crippen LogP contribution in [0.1, 0.15) is 12.8 Å². The van der Waals surface area contributed by atoms with Crippen molar-refractivity contribution < 1.29 is 22.3 Å². The summed E-state index contributed by atoms with van der Waals surface area (Å²) in [7, 11) is -2.67. The number of halogens is 2. The number of nitrogens with one attached hydrogen (secondary N) is 1. The highest BCUT2D eigenvalue weighted by molar-refractivity contribution is 9.10.